The van der Waals surface area contributed by atoms with Crippen LogP contribution in [-0.2, 0) is 14.3 Å². The van der Waals surface area contributed by atoms with Gasteiger partial charge in [0.1, 0.15) is 6.04 Å². The molecule has 25 heavy (non-hydrogen) atoms. The van der Waals surface area contributed by atoms with E-state index in [4.69, 9.17) is 10.5 Å². The van der Waals surface area contributed by atoms with Gasteiger partial charge in [0.15, 0.2) is 6.61 Å². The number of primary amides is 1. The maximum Gasteiger partial charge on any atom is 0.340 e. The lowest BCUT2D eigenvalue weighted by Gasteiger charge is -2.33. The average Bonchev–Trinajstić information content (AvgIpc) is 2.65. The van der Waals surface area contributed by atoms with E-state index in [1.807, 2.05) is 12.1 Å². The van der Waals surface area contributed by atoms with Gasteiger partial charge in [0.25, 0.3) is 5.91 Å². The Labute approximate surface area is 144 Å². The standard InChI is InChI=1S/C18H19N3O4/c19-17(23)14-8-1-2-10-21(14)15(22)11-25-18(24)13-7-3-5-12-6-4-9-20-16(12)13/h3-7,9,14H,1-2,8,10-11H2,(H2,19,23)/t14-/m1/s1. The number of hydrogen-bond donors (Lipinski definition) is 1. The van der Waals surface area contributed by atoms with E-state index in [0.717, 1.165) is 18.2 Å². The number of hydrogen-bond acceptors (Lipinski definition) is 5. The number of benzene rings is 1. The second kappa shape index (κ2) is 7.29. The molecule has 3 rings (SSSR count). The number of likely N-dealkylation sites (tertiary alicyclic amines) is 1. The molecule has 1 saturated heterocycles. The van der Waals surface area contributed by atoms with Crippen LogP contribution >= 0.6 is 0 Å². The first-order chi connectivity index (χ1) is 12.1. The van der Waals surface area contributed by atoms with Crippen LogP contribution in [0.2, 0.25) is 0 Å². The molecule has 2 amide bonds. The minimum absolute atomic E-state index is 0.302. The van der Waals surface area contributed by atoms with E-state index in [1.54, 1.807) is 24.4 Å². The molecule has 1 aliphatic rings. The number of pyridine rings is 1. The van der Waals surface area contributed by atoms with Crippen molar-refractivity contribution in [2.24, 2.45) is 5.73 Å². The molecule has 2 aromatic rings. The lowest BCUT2D eigenvalue weighted by molar-refractivity contribution is -0.143. The molecule has 7 heteroatoms. The van der Waals surface area contributed by atoms with E-state index >= 15 is 0 Å². The number of ether oxygens (including phenoxy) is 1. The van der Waals surface area contributed by atoms with E-state index in [-0.39, 0.29) is 0 Å². The van der Waals surface area contributed by atoms with E-state index in [1.165, 1.54) is 4.90 Å². The number of amides is 2. The molecule has 1 aliphatic heterocycles. The summed E-state index contributed by atoms with van der Waals surface area (Å²) in [6.45, 7) is 0.0195. The van der Waals surface area contributed by atoms with E-state index in [0.29, 0.717) is 24.0 Å². The van der Waals surface area contributed by atoms with Crippen LogP contribution in [0.25, 0.3) is 10.9 Å². The third-order valence-corrected chi connectivity index (χ3v) is 4.33. The highest BCUT2D eigenvalue weighted by atomic mass is 16.5. The quantitative estimate of drug-likeness (QED) is 0.843. The van der Waals surface area contributed by atoms with Gasteiger partial charge >= 0.3 is 5.97 Å². The zero-order valence-electron chi connectivity index (χ0n) is 13.7. The summed E-state index contributed by atoms with van der Waals surface area (Å²) >= 11 is 0. The lowest BCUT2D eigenvalue weighted by Crippen LogP contribution is -2.51. The van der Waals surface area contributed by atoms with Crippen LogP contribution in [-0.4, -0.2) is 46.9 Å². The van der Waals surface area contributed by atoms with E-state index in [2.05, 4.69) is 4.98 Å². The number of esters is 1. The zero-order chi connectivity index (χ0) is 17.8. The predicted molar refractivity (Wildman–Crippen MR) is 90.6 cm³/mol. The lowest BCUT2D eigenvalue weighted by atomic mass is 10.0. The number of carbonyl (C=O) groups is 3. The van der Waals surface area contributed by atoms with Gasteiger partial charge in [-0.25, -0.2) is 4.79 Å². The Hall–Kier alpha value is -2.96. The van der Waals surface area contributed by atoms with Gasteiger partial charge in [-0.05, 0) is 31.4 Å². The summed E-state index contributed by atoms with van der Waals surface area (Å²) in [5.41, 5.74) is 6.18. The SMILES string of the molecule is NC(=O)[C@H]1CCCCN1C(=O)COC(=O)c1cccc2cccnc12. The normalized spacial score (nSPS) is 17.3. The Bertz CT molecular complexity index is 816. The van der Waals surface area contributed by atoms with Crippen molar-refractivity contribution in [3.05, 3.63) is 42.1 Å². The molecule has 0 bridgehead atoms. The molecule has 1 fully saturated rings. The minimum atomic E-state index is -0.626. The van der Waals surface area contributed by atoms with Gasteiger partial charge in [0.05, 0.1) is 11.1 Å². The molecule has 130 valence electrons. The zero-order valence-corrected chi connectivity index (χ0v) is 13.7. The molecule has 0 radical (unpaired) electrons. The molecule has 0 saturated carbocycles. The highest BCUT2D eigenvalue weighted by molar-refractivity contribution is 6.03. The maximum absolute atomic E-state index is 12.3. The van der Waals surface area contributed by atoms with Crippen LogP contribution in [0.3, 0.4) is 0 Å². The summed E-state index contributed by atoms with van der Waals surface area (Å²) in [4.78, 5) is 41.8. The Kier molecular flexibility index (Phi) is 4.92. The molecule has 7 nitrogen and oxygen atoms in total. The van der Waals surface area contributed by atoms with Crippen LogP contribution in [0, 0.1) is 0 Å². The van der Waals surface area contributed by atoms with Crippen LogP contribution < -0.4 is 5.73 Å². The van der Waals surface area contributed by atoms with Crippen molar-refractivity contribution in [2.75, 3.05) is 13.2 Å². The van der Waals surface area contributed by atoms with Crippen molar-refractivity contribution in [3.8, 4) is 0 Å². The summed E-state index contributed by atoms with van der Waals surface area (Å²) in [5.74, 6) is -1.56. The second-order valence-electron chi connectivity index (χ2n) is 5.96. The number of piperidine rings is 1. The Balaban J connectivity index is 1.69. The third kappa shape index (κ3) is 3.60. The van der Waals surface area contributed by atoms with Crippen molar-refractivity contribution in [1.29, 1.82) is 0 Å². The van der Waals surface area contributed by atoms with Crippen molar-refractivity contribution >= 4 is 28.7 Å². The van der Waals surface area contributed by atoms with Crippen LogP contribution in [0.4, 0.5) is 0 Å². The van der Waals surface area contributed by atoms with Crippen LogP contribution in [0.1, 0.15) is 29.6 Å². The molecular formula is C18H19N3O4. The van der Waals surface area contributed by atoms with Crippen molar-refractivity contribution < 1.29 is 19.1 Å². The van der Waals surface area contributed by atoms with Gasteiger partial charge < -0.3 is 15.4 Å². The fraction of sp³-hybridized carbons (Fsp3) is 0.333. The molecule has 1 aromatic heterocycles. The van der Waals surface area contributed by atoms with Crippen LogP contribution in [0.5, 0.6) is 0 Å². The highest BCUT2D eigenvalue weighted by Gasteiger charge is 2.31. The molecule has 0 spiro atoms. The summed E-state index contributed by atoms with van der Waals surface area (Å²) < 4.78 is 5.16. The van der Waals surface area contributed by atoms with Crippen molar-refractivity contribution in [2.45, 2.75) is 25.3 Å². The molecule has 2 heterocycles. The van der Waals surface area contributed by atoms with E-state index < -0.39 is 30.4 Å². The van der Waals surface area contributed by atoms with Crippen LogP contribution in [0.15, 0.2) is 36.5 Å². The van der Waals surface area contributed by atoms with Crippen molar-refractivity contribution in [3.63, 3.8) is 0 Å². The summed E-state index contributed by atoms with van der Waals surface area (Å²) in [6, 6.07) is 8.18. The highest BCUT2D eigenvalue weighted by Crippen LogP contribution is 2.19. The van der Waals surface area contributed by atoms with Gasteiger partial charge in [-0.3, -0.25) is 14.6 Å². The number of carbonyl (C=O) groups excluding carboxylic acids is 3. The Morgan fingerprint density at radius 3 is 2.80 bits per heavy atom. The monoisotopic (exact) mass is 341 g/mol. The summed E-state index contributed by atoms with van der Waals surface area (Å²) in [7, 11) is 0. The van der Waals surface area contributed by atoms with Gasteiger partial charge in [-0.2, -0.15) is 0 Å². The Morgan fingerprint density at radius 2 is 2.00 bits per heavy atom. The Morgan fingerprint density at radius 1 is 1.20 bits per heavy atom. The maximum atomic E-state index is 12.3. The topological polar surface area (TPSA) is 103 Å². The largest absolute Gasteiger partial charge is 0.452 e. The molecule has 2 N–H and O–H groups in total. The number of aromatic nitrogens is 1. The second-order valence-corrected chi connectivity index (χ2v) is 5.96. The minimum Gasteiger partial charge on any atom is -0.452 e. The van der Waals surface area contributed by atoms with E-state index in [9.17, 15) is 14.4 Å². The number of nitrogens with zero attached hydrogens (tertiary/aromatic N) is 2. The fourth-order valence-electron chi connectivity index (χ4n) is 3.08. The number of fused-ring (bicyclic) bond motifs is 1. The average molecular weight is 341 g/mol. The van der Waals surface area contributed by atoms with Gasteiger partial charge in [0.2, 0.25) is 5.91 Å². The van der Waals surface area contributed by atoms with Gasteiger partial charge in [-0.15, -0.1) is 0 Å². The molecule has 1 atom stereocenters. The molecule has 0 unspecified atom stereocenters. The molecule has 0 aliphatic carbocycles. The smallest absolute Gasteiger partial charge is 0.340 e. The first kappa shape index (κ1) is 16.9. The summed E-state index contributed by atoms with van der Waals surface area (Å²) in [6.07, 6.45) is 3.78. The third-order valence-electron chi connectivity index (χ3n) is 4.33. The predicted octanol–water partition coefficient (Wildman–Crippen LogP) is 1.26. The van der Waals surface area contributed by atoms with Gasteiger partial charge in [0, 0.05) is 18.1 Å². The fourth-order valence-corrected chi connectivity index (χ4v) is 3.08. The molecule has 1 aromatic carbocycles. The first-order valence-corrected chi connectivity index (χ1v) is 8.17. The number of nitrogens with two attached hydrogens (primary N) is 1. The number of para-hydroxylation sites is 1. The van der Waals surface area contributed by atoms with Crippen molar-refractivity contribution in [1.82, 2.24) is 9.88 Å². The molecular weight excluding hydrogens is 322 g/mol. The number of rotatable bonds is 4. The van der Waals surface area contributed by atoms with Gasteiger partial charge in [-0.1, -0.05) is 18.2 Å². The summed E-state index contributed by atoms with van der Waals surface area (Å²) in [5, 5.41) is 0.813. The first-order valence-electron chi connectivity index (χ1n) is 8.17.